The number of benzene rings is 1. The van der Waals surface area contributed by atoms with Gasteiger partial charge < -0.3 is 10.8 Å². The predicted molar refractivity (Wildman–Crippen MR) is 94.3 cm³/mol. The van der Waals surface area contributed by atoms with Gasteiger partial charge in [0.1, 0.15) is 0 Å². The van der Waals surface area contributed by atoms with E-state index in [0.717, 1.165) is 39.1 Å². The van der Waals surface area contributed by atoms with Gasteiger partial charge in [0.05, 0.1) is 6.61 Å². The third-order valence-electron chi connectivity index (χ3n) is 4.47. The van der Waals surface area contributed by atoms with Crippen LogP contribution in [0.2, 0.25) is 0 Å². The van der Waals surface area contributed by atoms with Crippen molar-refractivity contribution >= 4 is 12.4 Å². The van der Waals surface area contributed by atoms with Gasteiger partial charge in [-0.3, -0.25) is 9.80 Å². The molecule has 1 atom stereocenters. The van der Waals surface area contributed by atoms with E-state index in [2.05, 4.69) is 54.0 Å². The summed E-state index contributed by atoms with van der Waals surface area (Å²) in [7, 11) is 0. The molecule has 1 unspecified atom stereocenters. The summed E-state index contributed by atoms with van der Waals surface area (Å²) in [6.07, 6.45) is 0.836. The molecule has 0 aromatic heterocycles. The van der Waals surface area contributed by atoms with Gasteiger partial charge in [-0.05, 0) is 25.8 Å². The van der Waals surface area contributed by atoms with E-state index in [1.54, 1.807) is 0 Å². The molecule has 0 radical (unpaired) electrons. The van der Waals surface area contributed by atoms with Gasteiger partial charge in [0.2, 0.25) is 0 Å². The van der Waals surface area contributed by atoms with Crippen molar-refractivity contribution in [1.82, 2.24) is 9.80 Å². The van der Waals surface area contributed by atoms with Gasteiger partial charge in [-0.2, -0.15) is 0 Å². The van der Waals surface area contributed by atoms with E-state index in [4.69, 9.17) is 10.8 Å². The summed E-state index contributed by atoms with van der Waals surface area (Å²) in [5.74, 6) is 0. The number of halogens is 1. The van der Waals surface area contributed by atoms with E-state index in [9.17, 15) is 0 Å². The molecule has 5 heteroatoms. The van der Waals surface area contributed by atoms with Crippen LogP contribution in [0.15, 0.2) is 30.3 Å². The fourth-order valence-electron chi connectivity index (χ4n) is 3.19. The van der Waals surface area contributed by atoms with Crippen molar-refractivity contribution in [3.05, 3.63) is 35.9 Å². The second-order valence-electron chi connectivity index (χ2n) is 6.71. The Labute approximate surface area is 140 Å². The summed E-state index contributed by atoms with van der Waals surface area (Å²) in [5, 5.41) is 9.15. The van der Waals surface area contributed by atoms with Crippen molar-refractivity contribution in [3.8, 4) is 0 Å². The Morgan fingerprint density at radius 1 is 1.14 bits per heavy atom. The molecule has 1 aliphatic heterocycles. The molecule has 4 nitrogen and oxygen atoms in total. The van der Waals surface area contributed by atoms with Crippen LogP contribution in [0.3, 0.4) is 0 Å². The Balaban J connectivity index is 0.00000242. The van der Waals surface area contributed by atoms with Crippen LogP contribution in [0.1, 0.15) is 25.8 Å². The highest BCUT2D eigenvalue weighted by atomic mass is 35.5. The molecule has 0 aliphatic carbocycles. The summed E-state index contributed by atoms with van der Waals surface area (Å²) in [4.78, 5) is 5.01. The van der Waals surface area contributed by atoms with Gasteiger partial charge in [0.25, 0.3) is 0 Å². The number of piperazine rings is 1. The highest BCUT2D eigenvalue weighted by Crippen LogP contribution is 2.22. The Morgan fingerprint density at radius 3 is 2.27 bits per heavy atom. The Hall–Kier alpha value is -0.650. The zero-order valence-corrected chi connectivity index (χ0v) is 14.6. The van der Waals surface area contributed by atoms with Crippen LogP contribution in [0, 0.1) is 0 Å². The third kappa shape index (κ3) is 5.52. The summed E-state index contributed by atoms with van der Waals surface area (Å²) in [6, 6.07) is 10.5. The number of nitrogens with two attached hydrogens (primary N) is 1. The minimum atomic E-state index is -0.123. The van der Waals surface area contributed by atoms with Crippen LogP contribution in [-0.4, -0.2) is 59.3 Å². The molecule has 1 fully saturated rings. The first-order valence-corrected chi connectivity index (χ1v) is 7.89. The summed E-state index contributed by atoms with van der Waals surface area (Å²) in [6.45, 7) is 9.88. The van der Waals surface area contributed by atoms with Gasteiger partial charge in [-0.1, -0.05) is 30.3 Å². The lowest BCUT2D eigenvalue weighted by atomic mass is 9.93. The van der Waals surface area contributed by atoms with Gasteiger partial charge in [-0.25, -0.2) is 0 Å². The first kappa shape index (κ1) is 19.4. The number of nitrogens with zero attached hydrogens (tertiary/aromatic N) is 2. The van der Waals surface area contributed by atoms with E-state index in [1.165, 1.54) is 5.56 Å². The van der Waals surface area contributed by atoms with E-state index in [-0.39, 0.29) is 30.6 Å². The zero-order valence-electron chi connectivity index (χ0n) is 13.7. The Bertz CT molecular complexity index is 419. The van der Waals surface area contributed by atoms with E-state index in [0.29, 0.717) is 0 Å². The molecule has 0 spiro atoms. The fraction of sp³-hybridized carbons (Fsp3) is 0.647. The molecule has 0 bridgehead atoms. The Morgan fingerprint density at radius 2 is 1.73 bits per heavy atom. The number of rotatable bonds is 6. The number of aliphatic hydroxyl groups excluding tert-OH is 1. The van der Waals surface area contributed by atoms with Gasteiger partial charge in [0.15, 0.2) is 0 Å². The molecular weight excluding hydrogens is 298 g/mol. The molecule has 0 amide bonds. The van der Waals surface area contributed by atoms with Crippen LogP contribution in [0.5, 0.6) is 0 Å². The van der Waals surface area contributed by atoms with Crippen molar-refractivity contribution in [2.24, 2.45) is 5.73 Å². The Kier molecular flexibility index (Phi) is 7.80. The van der Waals surface area contributed by atoms with Crippen LogP contribution in [-0.2, 0) is 6.54 Å². The summed E-state index contributed by atoms with van der Waals surface area (Å²) in [5.41, 5.74) is 7.35. The first-order valence-electron chi connectivity index (χ1n) is 7.89. The molecule has 22 heavy (non-hydrogen) atoms. The van der Waals surface area contributed by atoms with E-state index >= 15 is 0 Å². The van der Waals surface area contributed by atoms with Crippen LogP contribution < -0.4 is 5.73 Å². The molecule has 0 saturated carbocycles. The van der Waals surface area contributed by atoms with Crippen molar-refractivity contribution in [3.63, 3.8) is 0 Å². The highest BCUT2D eigenvalue weighted by Gasteiger charge is 2.31. The smallest absolute Gasteiger partial charge is 0.0583 e. The van der Waals surface area contributed by atoms with Gasteiger partial charge >= 0.3 is 0 Å². The minimum Gasteiger partial charge on any atom is -0.395 e. The molecule has 1 aromatic carbocycles. The maximum Gasteiger partial charge on any atom is 0.0583 e. The zero-order chi connectivity index (χ0) is 15.3. The first-order chi connectivity index (χ1) is 10.0. The normalized spacial score (nSPS) is 18.7. The minimum absolute atomic E-state index is 0. The van der Waals surface area contributed by atoms with Gasteiger partial charge in [0, 0.05) is 44.3 Å². The summed E-state index contributed by atoms with van der Waals surface area (Å²) < 4.78 is 0. The van der Waals surface area contributed by atoms with Crippen molar-refractivity contribution in [2.45, 2.75) is 38.4 Å². The highest BCUT2D eigenvalue weighted by molar-refractivity contribution is 5.85. The largest absolute Gasteiger partial charge is 0.395 e. The van der Waals surface area contributed by atoms with Gasteiger partial charge in [-0.15, -0.1) is 12.4 Å². The number of hydrogen-bond acceptors (Lipinski definition) is 4. The van der Waals surface area contributed by atoms with E-state index < -0.39 is 0 Å². The van der Waals surface area contributed by atoms with Crippen molar-refractivity contribution in [1.29, 1.82) is 0 Å². The molecule has 2 rings (SSSR count). The van der Waals surface area contributed by atoms with E-state index in [1.807, 2.05) is 0 Å². The predicted octanol–water partition coefficient (Wildman–Crippen LogP) is 1.71. The molecule has 126 valence electrons. The lowest BCUT2D eigenvalue weighted by Crippen LogP contribution is -2.56. The second-order valence-corrected chi connectivity index (χ2v) is 6.71. The molecule has 3 N–H and O–H groups in total. The topological polar surface area (TPSA) is 52.7 Å². The van der Waals surface area contributed by atoms with Crippen LogP contribution in [0.25, 0.3) is 0 Å². The maximum absolute atomic E-state index is 9.15. The van der Waals surface area contributed by atoms with Crippen molar-refractivity contribution in [2.75, 3.05) is 32.8 Å². The van der Waals surface area contributed by atoms with Crippen molar-refractivity contribution < 1.29 is 5.11 Å². The number of hydrogen-bond donors (Lipinski definition) is 2. The molecule has 1 aromatic rings. The SMILES string of the molecule is CC(C)(CC(N)CO)N1CCN(Cc2ccccc2)CC1.Cl. The lowest BCUT2D eigenvalue weighted by molar-refractivity contribution is 0.0370. The second kappa shape index (κ2) is 8.85. The molecule has 1 heterocycles. The molecular formula is C17H30ClN3O. The van der Waals surface area contributed by atoms with Crippen LogP contribution in [0.4, 0.5) is 0 Å². The molecule has 1 aliphatic rings. The third-order valence-corrected chi connectivity index (χ3v) is 4.47. The maximum atomic E-state index is 9.15. The lowest BCUT2D eigenvalue weighted by Gasteiger charge is -2.45. The fourth-order valence-corrected chi connectivity index (χ4v) is 3.19. The monoisotopic (exact) mass is 327 g/mol. The number of aliphatic hydroxyl groups is 1. The standard InChI is InChI=1S/C17H29N3O.ClH/c1-17(2,12-16(18)14-21)20-10-8-19(9-11-20)13-15-6-4-3-5-7-15;/h3-7,16,21H,8-14,18H2,1-2H3;1H. The molecule has 1 saturated heterocycles. The average molecular weight is 328 g/mol. The summed E-state index contributed by atoms with van der Waals surface area (Å²) >= 11 is 0. The average Bonchev–Trinajstić information content (AvgIpc) is 2.48. The van der Waals surface area contributed by atoms with Crippen LogP contribution >= 0.6 is 12.4 Å². The quantitative estimate of drug-likeness (QED) is 0.835.